The lowest BCUT2D eigenvalue weighted by Gasteiger charge is -2.26. The van der Waals surface area contributed by atoms with E-state index >= 15 is 0 Å². The van der Waals surface area contributed by atoms with Crippen molar-refractivity contribution in [1.29, 1.82) is 5.26 Å². The lowest BCUT2D eigenvalue weighted by Crippen LogP contribution is -2.31. The van der Waals surface area contributed by atoms with Crippen molar-refractivity contribution in [2.24, 2.45) is 22.6 Å². The quantitative estimate of drug-likeness (QED) is 0.827. The number of aliphatic imine (C=N–C) groups is 1. The molecule has 18 heavy (non-hydrogen) atoms. The van der Waals surface area contributed by atoms with Crippen molar-refractivity contribution in [3.63, 3.8) is 0 Å². The third kappa shape index (κ3) is 2.99. The topological polar surface area (TPSA) is 96.3 Å². The molecule has 0 fully saturated rings. The first-order valence-electron chi connectivity index (χ1n) is 5.49. The number of allylic oxidation sites excluding steroid dienone is 1. The van der Waals surface area contributed by atoms with Crippen LogP contribution in [0.15, 0.2) is 15.6 Å². The third-order valence-electron chi connectivity index (χ3n) is 2.82. The molecule has 0 unspecified atom stereocenters. The van der Waals surface area contributed by atoms with Crippen LogP contribution in [0.25, 0.3) is 0 Å². The van der Waals surface area contributed by atoms with Crippen molar-refractivity contribution < 1.29 is 9.59 Å². The number of carbonyl (C=O) groups excluding carboxylic acids is 2. The summed E-state index contributed by atoms with van der Waals surface area (Å²) in [6.45, 7) is 5.09. The first-order valence-corrected chi connectivity index (χ1v) is 6.48. The molecule has 1 aliphatic rings. The summed E-state index contributed by atoms with van der Waals surface area (Å²) in [6.07, 6.45) is 0. The Kier molecular flexibility index (Phi) is 4.68. The van der Waals surface area contributed by atoms with E-state index in [1.165, 1.54) is 6.92 Å². The van der Waals surface area contributed by atoms with Crippen LogP contribution in [0.2, 0.25) is 0 Å². The van der Waals surface area contributed by atoms with E-state index < -0.39 is 5.91 Å². The molecule has 0 aliphatic carbocycles. The summed E-state index contributed by atoms with van der Waals surface area (Å²) < 4.78 is 0. The number of nitrogens with two attached hydrogens (primary N) is 1. The number of amides is 1. The molecule has 1 aliphatic heterocycles. The number of primary amides is 1. The molecule has 0 aromatic carbocycles. The molecular weight excluding hydrogens is 250 g/mol. The predicted octanol–water partition coefficient (Wildman–Crippen LogP) is 1.26. The van der Waals surface area contributed by atoms with Crippen LogP contribution >= 0.6 is 11.8 Å². The summed E-state index contributed by atoms with van der Waals surface area (Å²) in [5, 5.41) is 9.66. The SMILES string of the molecule is CC(=O)[C@@H]1C(C)=NC(SCC(N)=O)=C(C#N)[C@@H]1C. The summed E-state index contributed by atoms with van der Waals surface area (Å²) in [6, 6.07) is 2.08. The van der Waals surface area contributed by atoms with Crippen LogP contribution in [-0.4, -0.2) is 23.2 Å². The molecule has 0 aromatic rings. The first-order chi connectivity index (χ1) is 8.38. The molecule has 1 rings (SSSR count). The van der Waals surface area contributed by atoms with Crippen LogP contribution in [0.5, 0.6) is 0 Å². The van der Waals surface area contributed by atoms with E-state index in [1.54, 1.807) is 6.92 Å². The minimum Gasteiger partial charge on any atom is -0.369 e. The second-order valence-electron chi connectivity index (χ2n) is 4.22. The highest BCUT2D eigenvalue weighted by Gasteiger charge is 2.33. The van der Waals surface area contributed by atoms with Gasteiger partial charge in [0.1, 0.15) is 10.8 Å². The number of nitriles is 1. The third-order valence-corrected chi connectivity index (χ3v) is 3.84. The van der Waals surface area contributed by atoms with E-state index in [-0.39, 0.29) is 23.4 Å². The molecule has 6 heteroatoms. The maximum atomic E-state index is 11.6. The summed E-state index contributed by atoms with van der Waals surface area (Å²) in [7, 11) is 0. The first kappa shape index (κ1) is 14.5. The van der Waals surface area contributed by atoms with Crippen molar-refractivity contribution in [1.82, 2.24) is 0 Å². The van der Waals surface area contributed by atoms with Gasteiger partial charge in [0.15, 0.2) is 0 Å². The Bertz CT molecular complexity index is 488. The molecule has 0 aromatic heterocycles. The van der Waals surface area contributed by atoms with E-state index in [1.807, 2.05) is 6.92 Å². The molecule has 96 valence electrons. The molecule has 5 nitrogen and oxygen atoms in total. The maximum Gasteiger partial charge on any atom is 0.227 e. The molecule has 2 N–H and O–H groups in total. The van der Waals surface area contributed by atoms with Crippen molar-refractivity contribution in [3.05, 3.63) is 10.6 Å². The Morgan fingerprint density at radius 1 is 1.56 bits per heavy atom. The maximum absolute atomic E-state index is 11.6. The van der Waals surface area contributed by atoms with E-state index in [2.05, 4.69) is 11.1 Å². The summed E-state index contributed by atoms with van der Waals surface area (Å²) >= 11 is 1.14. The Morgan fingerprint density at radius 3 is 2.61 bits per heavy atom. The van der Waals surface area contributed by atoms with Gasteiger partial charge in [0.25, 0.3) is 0 Å². The molecule has 0 saturated carbocycles. The fourth-order valence-corrected chi connectivity index (χ4v) is 2.93. The van der Waals surface area contributed by atoms with Gasteiger partial charge in [0.05, 0.1) is 23.3 Å². The van der Waals surface area contributed by atoms with E-state index in [4.69, 9.17) is 11.0 Å². The summed E-state index contributed by atoms with van der Waals surface area (Å²) in [5.41, 5.74) is 6.21. The van der Waals surface area contributed by atoms with Gasteiger partial charge in [-0.2, -0.15) is 5.26 Å². The van der Waals surface area contributed by atoms with Crippen molar-refractivity contribution in [3.8, 4) is 6.07 Å². The van der Waals surface area contributed by atoms with Crippen LogP contribution in [0, 0.1) is 23.2 Å². The number of Topliss-reactive ketones (excluding diaryl/α,β-unsaturated/α-hetero) is 1. The largest absolute Gasteiger partial charge is 0.369 e. The van der Waals surface area contributed by atoms with Crippen LogP contribution < -0.4 is 5.73 Å². The monoisotopic (exact) mass is 265 g/mol. The Morgan fingerprint density at radius 2 is 2.17 bits per heavy atom. The van der Waals surface area contributed by atoms with Gasteiger partial charge in [-0.05, 0) is 13.8 Å². The van der Waals surface area contributed by atoms with E-state index in [9.17, 15) is 9.59 Å². The molecule has 0 bridgehead atoms. The number of ketones is 1. The number of nitrogens with zero attached hydrogens (tertiary/aromatic N) is 2. The molecule has 0 saturated heterocycles. The zero-order valence-electron chi connectivity index (χ0n) is 10.6. The van der Waals surface area contributed by atoms with Gasteiger partial charge < -0.3 is 5.73 Å². The van der Waals surface area contributed by atoms with Gasteiger partial charge in [-0.25, -0.2) is 4.99 Å². The van der Waals surface area contributed by atoms with Gasteiger partial charge in [0.2, 0.25) is 5.91 Å². The average molecular weight is 265 g/mol. The number of thioether (sulfide) groups is 1. The molecular formula is C12H15N3O2S. The fraction of sp³-hybridized carbons (Fsp3) is 0.500. The highest BCUT2D eigenvalue weighted by atomic mass is 32.2. The second-order valence-corrected chi connectivity index (χ2v) is 5.18. The summed E-state index contributed by atoms with van der Waals surface area (Å²) in [5.74, 6) is -0.943. The van der Waals surface area contributed by atoms with Crippen LogP contribution in [0.4, 0.5) is 0 Å². The fourth-order valence-electron chi connectivity index (χ4n) is 2.06. The summed E-state index contributed by atoms with van der Waals surface area (Å²) in [4.78, 5) is 26.6. The van der Waals surface area contributed by atoms with Crippen LogP contribution in [-0.2, 0) is 9.59 Å². The van der Waals surface area contributed by atoms with Gasteiger partial charge in [-0.15, -0.1) is 0 Å². The van der Waals surface area contributed by atoms with Gasteiger partial charge in [0, 0.05) is 11.6 Å². The smallest absolute Gasteiger partial charge is 0.227 e. The number of carbonyl (C=O) groups is 2. The van der Waals surface area contributed by atoms with Crippen molar-refractivity contribution in [2.45, 2.75) is 20.8 Å². The molecule has 2 atom stereocenters. The van der Waals surface area contributed by atoms with Gasteiger partial charge in [-0.3, -0.25) is 9.59 Å². The minimum atomic E-state index is -0.459. The lowest BCUT2D eigenvalue weighted by molar-refractivity contribution is -0.119. The lowest BCUT2D eigenvalue weighted by atomic mass is 9.81. The average Bonchev–Trinajstić information content (AvgIpc) is 2.25. The van der Waals surface area contributed by atoms with Crippen LogP contribution in [0.1, 0.15) is 20.8 Å². The second kappa shape index (κ2) is 5.83. The molecule has 0 radical (unpaired) electrons. The van der Waals surface area contributed by atoms with E-state index in [0.29, 0.717) is 16.3 Å². The van der Waals surface area contributed by atoms with Gasteiger partial charge in [-0.1, -0.05) is 18.7 Å². The number of rotatable bonds is 4. The number of hydrogen-bond donors (Lipinski definition) is 1. The molecule has 1 heterocycles. The zero-order chi connectivity index (χ0) is 13.9. The van der Waals surface area contributed by atoms with Crippen molar-refractivity contribution >= 4 is 29.2 Å². The molecule has 0 spiro atoms. The Balaban J connectivity index is 3.09. The Hall–Kier alpha value is -1.61. The molecule has 1 amide bonds. The van der Waals surface area contributed by atoms with E-state index in [0.717, 1.165) is 11.8 Å². The predicted molar refractivity (Wildman–Crippen MR) is 70.7 cm³/mol. The zero-order valence-corrected chi connectivity index (χ0v) is 11.4. The van der Waals surface area contributed by atoms with Gasteiger partial charge >= 0.3 is 0 Å². The highest BCUT2D eigenvalue weighted by Crippen LogP contribution is 2.35. The standard InChI is InChI=1S/C12H15N3O2S/c1-6-9(4-13)12(18-5-10(14)17)15-7(2)11(6)8(3)16/h6,11H,5H2,1-3H3,(H2,14,17)/t6-,11-/m0/s1. The van der Waals surface area contributed by atoms with Crippen molar-refractivity contribution in [2.75, 3.05) is 5.75 Å². The van der Waals surface area contributed by atoms with Crippen LogP contribution in [0.3, 0.4) is 0 Å². The normalized spacial score (nSPS) is 23.3. The minimum absolute atomic E-state index is 0.00421. The highest BCUT2D eigenvalue weighted by molar-refractivity contribution is 8.03. The number of hydrogen-bond acceptors (Lipinski definition) is 5. The Labute approximate surface area is 110 Å².